The van der Waals surface area contributed by atoms with E-state index in [0.29, 0.717) is 5.92 Å². The van der Waals surface area contributed by atoms with Gasteiger partial charge in [-0.05, 0) is 48.9 Å². The fourth-order valence-corrected chi connectivity index (χ4v) is 2.18. The molecule has 0 amide bonds. The monoisotopic (exact) mass is 291 g/mol. The first-order valence-corrected chi connectivity index (χ1v) is 8.34. The largest absolute Gasteiger partial charge is 0.360 e. The second kappa shape index (κ2) is 9.04. The maximum Gasteiger partial charge on any atom is 0.128 e. The van der Waals surface area contributed by atoms with Gasteiger partial charge in [0, 0.05) is 25.8 Å². The first-order valence-electron chi connectivity index (χ1n) is 8.34. The maximum atomic E-state index is 4.77. The van der Waals surface area contributed by atoms with Crippen molar-refractivity contribution >= 4 is 5.82 Å². The summed E-state index contributed by atoms with van der Waals surface area (Å²) in [6.07, 6.45) is 2.19. The number of nitrogens with one attached hydrogen (secondary N) is 1. The van der Waals surface area contributed by atoms with Gasteiger partial charge in [-0.25, -0.2) is 4.98 Å². The van der Waals surface area contributed by atoms with Crippen molar-refractivity contribution in [2.45, 2.75) is 54.0 Å². The van der Waals surface area contributed by atoms with Gasteiger partial charge in [0.15, 0.2) is 0 Å². The number of pyridine rings is 1. The summed E-state index contributed by atoms with van der Waals surface area (Å²) in [7, 11) is 2.15. The van der Waals surface area contributed by atoms with E-state index in [1.807, 2.05) is 0 Å². The molecule has 0 saturated heterocycles. The standard InChI is InChI=1S/C18H33N3/c1-7-17-10-16(13-19-12-15(4)5)11-18(20-17)21(6)9-8-14(2)3/h10-11,14-15,19H,7-9,12-13H2,1-6H3. The second-order valence-corrected chi connectivity index (χ2v) is 6.81. The molecule has 1 N–H and O–H groups in total. The van der Waals surface area contributed by atoms with Crippen LogP contribution >= 0.6 is 0 Å². The molecule has 0 atom stereocenters. The van der Waals surface area contributed by atoms with E-state index in [4.69, 9.17) is 4.98 Å². The molecule has 0 saturated carbocycles. The average molecular weight is 291 g/mol. The third-order valence-electron chi connectivity index (χ3n) is 3.60. The van der Waals surface area contributed by atoms with E-state index in [1.54, 1.807) is 0 Å². The highest BCUT2D eigenvalue weighted by atomic mass is 15.2. The molecule has 0 aliphatic heterocycles. The molecule has 3 nitrogen and oxygen atoms in total. The molecular weight excluding hydrogens is 258 g/mol. The van der Waals surface area contributed by atoms with Crippen molar-refractivity contribution in [2.24, 2.45) is 11.8 Å². The molecule has 1 heterocycles. The van der Waals surface area contributed by atoms with E-state index in [-0.39, 0.29) is 0 Å². The lowest BCUT2D eigenvalue weighted by molar-refractivity contribution is 0.551. The Kier molecular flexibility index (Phi) is 7.73. The van der Waals surface area contributed by atoms with Crippen molar-refractivity contribution in [3.63, 3.8) is 0 Å². The summed E-state index contributed by atoms with van der Waals surface area (Å²) in [5, 5.41) is 3.52. The van der Waals surface area contributed by atoms with Crippen LogP contribution in [0.3, 0.4) is 0 Å². The molecule has 0 fully saturated rings. The van der Waals surface area contributed by atoms with E-state index in [9.17, 15) is 0 Å². The van der Waals surface area contributed by atoms with Crippen LogP contribution in [0.25, 0.3) is 0 Å². The molecule has 0 aliphatic carbocycles. The van der Waals surface area contributed by atoms with E-state index in [2.05, 4.69) is 64.0 Å². The van der Waals surface area contributed by atoms with Gasteiger partial charge >= 0.3 is 0 Å². The molecule has 1 aromatic heterocycles. The van der Waals surface area contributed by atoms with Gasteiger partial charge in [-0.1, -0.05) is 34.6 Å². The molecule has 21 heavy (non-hydrogen) atoms. The summed E-state index contributed by atoms with van der Waals surface area (Å²) >= 11 is 0. The highest BCUT2D eigenvalue weighted by Crippen LogP contribution is 2.16. The lowest BCUT2D eigenvalue weighted by Crippen LogP contribution is -2.23. The fourth-order valence-electron chi connectivity index (χ4n) is 2.18. The SMILES string of the molecule is CCc1cc(CNCC(C)C)cc(N(C)CCC(C)C)n1. The average Bonchev–Trinajstić information content (AvgIpc) is 2.43. The molecule has 0 aromatic carbocycles. The van der Waals surface area contributed by atoms with E-state index in [1.165, 1.54) is 17.7 Å². The van der Waals surface area contributed by atoms with Gasteiger partial charge in [0.25, 0.3) is 0 Å². The minimum Gasteiger partial charge on any atom is -0.360 e. The number of hydrogen-bond acceptors (Lipinski definition) is 3. The minimum absolute atomic E-state index is 0.686. The zero-order chi connectivity index (χ0) is 15.8. The van der Waals surface area contributed by atoms with Gasteiger partial charge in [-0.15, -0.1) is 0 Å². The van der Waals surface area contributed by atoms with Gasteiger partial charge in [0.2, 0.25) is 0 Å². The second-order valence-electron chi connectivity index (χ2n) is 6.81. The van der Waals surface area contributed by atoms with Crippen molar-refractivity contribution in [1.82, 2.24) is 10.3 Å². The highest BCUT2D eigenvalue weighted by Gasteiger charge is 2.07. The van der Waals surface area contributed by atoms with Crippen LogP contribution in [0.4, 0.5) is 5.82 Å². The topological polar surface area (TPSA) is 28.2 Å². The van der Waals surface area contributed by atoms with Crippen LogP contribution in [0.5, 0.6) is 0 Å². The third-order valence-corrected chi connectivity index (χ3v) is 3.60. The first kappa shape index (κ1) is 18.0. The Morgan fingerprint density at radius 3 is 2.43 bits per heavy atom. The van der Waals surface area contributed by atoms with Crippen molar-refractivity contribution in [1.29, 1.82) is 0 Å². The Labute approximate surface area is 131 Å². The van der Waals surface area contributed by atoms with Gasteiger partial charge in [0.05, 0.1) is 0 Å². The number of hydrogen-bond donors (Lipinski definition) is 1. The fraction of sp³-hybridized carbons (Fsp3) is 0.722. The Hall–Kier alpha value is -1.09. The highest BCUT2D eigenvalue weighted by molar-refractivity contribution is 5.42. The predicted molar refractivity (Wildman–Crippen MR) is 92.9 cm³/mol. The maximum absolute atomic E-state index is 4.77. The predicted octanol–water partition coefficient (Wildman–Crippen LogP) is 3.87. The molecule has 0 aliphatic rings. The van der Waals surface area contributed by atoms with Crippen LogP contribution in [-0.4, -0.2) is 25.1 Å². The zero-order valence-electron chi connectivity index (χ0n) is 14.7. The minimum atomic E-state index is 0.686. The molecule has 120 valence electrons. The molecule has 0 spiro atoms. The van der Waals surface area contributed by atoms with Crippen LogP contribution in [0.1, 0.15) is 52.3 Å². The van der Waals surface area contributed by atoms with Gasteiger partial charge in [-0.3, -0.25) is 0 Å². The summed E-state index contributed by atoms with van der Waals surface area (Å²) in [5.74, 6) is 2.52. The molecule has 1 aromatic rings. The smallest absolute Gasteiger partial charge is 0.128 e. The zero-order valence-corrected chi connectivity index (χ0v) is 14.7. The summed E-state index contributed by atoms with van der Waals surface area (Å²) in [6.45, 7) is 14.2. The van der Waals surface area contributed by atoms with Crippen molar-refractivity contribution < 1.29 is 0 Å². The van der Waals surface area contributed by atoms with Gasteiger partial charge in [-0.2, -0.15) is 0 Å². The number of nitrogens with zero attached hydrogens (tertiary/aromatic N) is 2. The lowest BCUT2D eigenvalue weighted by atomic mass is 10.1. The Morgan fingerprint density at radius 1 is 1.14 bits per heavy atom. The molecule has 0 unspecified atom stereocenters. The summed E-state index contributed by atoms with van der Waals surface area (Å²) < 4.78 is 0. The molecule has 1 rings (SSSR count). The number of anilines is 1. The summed E-state index contributed by atoms with van der Waals surface area (Å²) in [5.41, 5.74) is 2.53. The van der Waals surface area contributed by atoms with Crippen molar-refractivity contribution in [3.05, 3.63) is 23.4 Å². The molecule has 3 heteroatoms. The van der Waals surface area contributed by atoms with Crippen LogP contribution in [0.2, 0.25) is 0 Å². The van der Waals surface area contributed by atoms with Crippen LogP contribution in [0.15, 0.2) is 12.1 Å². The van der Waals surface area contributed by atoms with Crippen LogP contribution < -0.4 is 10.2 Å². The molecule has 0 bridgehead atoms. The summed E-state index contributed by atoms with van der Waals surface area (Å²) in [4.78, 5) is 7.05. The molecule has 0 radical (unpaired) electrons. The molecular formula is C18H33N3. The number of aryl methyl sites for hydroxylation is 1. The third kappa shape index (κ3) is 6.94. The van der Waals surface area contributed by atoms with E-state index >= 15 is 0 Å². The van der Waals surface area contributed by atoms with Gasteiger partial charge in [0.1, 0.15) is 5.82 Å². The van der Waals surface area contributed by atoms with Crippen molar-refractivity contribution in [2.75, 3.05) is 25.0 Å². The first-order chi connectivity index (χ1) is 9.92. The number of aromatic nitrogens is 1. The van der Waals surface area contributed by atoms with Crippen LogP contribution in [-0.2, 0) is 13.0 Å². The summed E-state index contributed by atoms with van der Waals surface area (Å²) in [6, 6.07) is 4.46. The Balaban J connectivity index is 2.74. The normalized spacial score (nSPS) is 11.4. The quantitative estimate of drug-likeness (QED) is 0.748. The van der Waals surface area contributed by atoms with Gasteiger partial charge < -0.3 is 10.2 Å². The lowest BCUT2D eigenvalue weighted by Gasteiger charge is -2.21. The number of rotatable bonds is 9. The van der Waals surface area contributed by atoms with E-state index in [0.717, 1.165) is 37.8 Å². The Morgan fingerprint density at radius 2 is 1.86 bits per heavy atom. The van der Waals surface area contributed by atoms with E-state index < -0.39 is 0 Å². The van der Waals surface area contributed by atoms with Crippen LogP contribution in [0, 0.1) is 11.8 Å². The Bertz CT molecular complexity index is 413. The van der Waals surface area contributed by atoms with Crippen molar-refractivity contribution in [3.8, 4) is 0 Å².